The first-order valence-electron chi connectivity index (χ1n) is 4.22. The Morgan fingerprint density at radius 2 is 1.64 bits per heavy atom. The van der Waals surface area contributed by atoms with E-state index in [0.29, 0.717) is 19.1 Å². The third-order valence-electron chi connectivity index (χ3n) is 1.81. The van der Waals surface area contributed by atoms with Crippen molar-refractivity contribution in [1.29, 1.82) is 0 Å². The molecular formula is C7H18O5SSi. The van der Waals surface area contributed by atoms with Crippen molar-refractivity contribution in [3.63, 3.8) is 0 Å². The average Bonchev–Trinajstić information content (AvgIpc) is 2.19. The zero-order valence-electron chi connectivity index (χ0n) is 9.07. The lowest BCUT2D eigenvalue weighted by Crippen LogP contribution is -2.42. The van der Waals surface area contributed by atoms with Gasteiger partial charge in [0.25, 0.3) is 0 Å². The van der Waals surface area contributed by atoms with E-state index < -0.39 is 19.9 Å². The lowest BCUT2D eigenvalue weighted by molar-refractivity contribution is 0.121. The molecule has 0 rings (SSSR count). The first-order chi connectivity index (χ1) is 6.60. The second kappa shape index (κ2) is 7.49. The van der Waals surface area contributed by atoms with Gasteiger partial charge in [0, 0.05) is 33.6 Å². The minimum atomic E-state index is -2.47. The molecule has 0 radical (unpaired) electrons. The summed E-state index contributed by atoms with van der Waals surface area (Å²) in [5, 5.41) is 0. The third kappa shape index (κ3) is 5.18. The highest BCUT2D eigenvalue weighted by atomic mass is 32.2. The van der Waals surface area contributed by atoms with Crippen LogP contribution < -0.4 is 0 Å². The van der Waals surface area contributed by atoms with Crippen LogP contribution in [-0.4, -0.2) is 47.2 Å². The lowest BCUT2D eigenvalue weighted by Gasteiger charge is -2.23. The summed E-state index contributed by atoms with van der Waals surface area (Å²) in [7, 11) is 2.23. The summed E-state index contributed by atoms with van der Waals surface area (Å²) < 4.78 is 31.1. The highest BCUT2D eigenvalue weighted by Crippen LogP contribution is 2.14. The molecule has 0 aliphatic heterocycles. The molecule has 1 unspecified atom stereocenters. The number of hydrogen-bond donors (Lipinski definition) is 0. The lowest BCUT2D eigenvalue weighted by atomic mass is 10.5. The van der Waals surface area contributed by atoms with E-state index in [4.69, 9.17) is 17.5 Å². The van der Waals surface area contributed by atoms with Crippen molar-refractivity contribution in [2.45, 2.75) is 12.5 Å². The Balaban J connectivity index is 3.77. The number of rotatable bonds is 8. The molecule has 0 fully saturated rings. The van der Waals surface area contributed by atoms with Crippen LogP contribution >= 0.6 is 0 Å². The van der Waals surface area contributed by atoms with Crippen LogP contribution in [0.15, 0.2) is 0 Å². The second-order valence-corrected chi connectivity index (χ2v) is 6.75. The predicted molar refractivity (Wildman–Crippen MR) is 56.2 cm³/mol. The fourth-order valence-corrected chi connectivity index (χ4v) is 3.06. The highest BCUT2D eigenvalue weighted by molar-refractivity contribution is 7.79. The van der Waals surface area contributed by atoms with Crippen LogP contribution in [0, 0.1) is 0 Å². The van der Waals surface area contributed by atoms with Gasteiger partial charge >= 0.3 is 8.80 Å². The molecule has 86 valence electrons. The first kappa shape index (κ1) is 14.2. The Labute approximate surface area is 88.7 Å². The Morgan fingerprint density at radius 1 is 1.14 bits per heavy atom. The van der Waals surface area contributed by atoms with Crippen molar-refractivity contribution in [3.05, 3.63) is 0 Å². The molecule has 0 aromatic rings. The summed E-state index contributed by atoms with van der Waals surface area (Å²) in [6.07, 6.45) is 2.20. The average molecular weight is 242 g/mol. The van der Waals surface area contributed by atoms with Gasteiger partial charge in [-0.15, -0.1) is 0 Å². The molecule has 0 aliphatic rings. The normalized spacial score (nSPS) is 14.3. The van der Waals surface area contributed by atoms with Crippen molar-refractivity contribution in [3.8, 4) is 0 Å². The van der Waals surface area contributed by atoms with Gasteiger partial charge in [0.1, 0.15) is 0 Å². The Kier molecular flexibility index (Phi) is 7.60. The molecule has 0 amide bonds. The van der Waals surface area contributed by atoms with Crippen LogP contribution in [0.5, 0.6) is 0 Å². The minimum absolute atomic E-state index is 0.425. The standard InChI is InChI=1S/C7H18O5SSi/c1-9-14(10-2,11-3)7-5-6-12-13(4)8/h5-7H2,1-4H3. The summed E-state index contributed by atoms with van der Waals surface area (Å²) in [5.74, 6) is 0. The van der Waals surface area contributed by atoms with Gasteiger partial charge in [0.15, 0.2) is 11.1 Å². The summed E-state index contributed by atoms with van der Waals surface area (Å²) >= 11 is -1.21. The Morgan fingerprint density at radius 3 is 2.00 bits per heavy atom. The van der Waals surface area contributed by atoms with Gasteiger partial charge in [-0.3, -0.25) is 4.18 Å². The smallest absolute Gasteiger partial charge is 0.377 e. The summed E-state index contributed by atoms with van der Waals surface area (Å²) in [6, 6.07) is 0.660. The highest BCUT2D eigenvalue weighted by Gasteiger charge is 2.36. The van der Waals surface area contributed by atoms with Crippen LogP contribution in [0.4, 0.5) is 0 Å². The SMILES string of the molecule is CO[Si](CCCOS(C)=O)(OC)OC. The predicted octanol–water partition coefficient (Wildman–Crippen LogP) is 0.565. The van der Waals surface area contributed by atoms with E-state index in [1.54, 1.807) is 21.3 Å². The molecule has 0 N–H and O–H groups in total. The summed E-state index contributed by atoms with van der Waals surface area (Å²) in [5.41, 5.74) is 0. The van der Waals surface area contributed by atoms with Gasteiger partial charge in [0.05, 0.1) is 6.61 Å². The van der Waals surface area contributed by atoms with E-state index in [-0.39, 0.29) is 0 Å². The monoisotopic (exact) mass is 242 g/mol. The first-order valence-corrected chi connectivity index (χ1v) is 7.64. The maximum absolute atomic E-state index is 10.6. The van der Waals surface area contributed by atoms with Crippen molar-refractivity contribution < 1.29 is 21.7 Å². The van der Waals surface area contributed by atoms with Crippen molar-refractivity contribution in [1.82, 2.24) is 0 Å². The second-order valence-electron chi connectivity index (χ2n) is 2.62. The Bertz CT molecular complexity index is 165. The zero-order chi connectivity index (χ0) is 11.0. The molecule has 0 saturated carbocycles. The third-order valence-corrected chi connectivity index (χ3v) is 5.14. The van der Waals surface area contributed by atoms with Gasteiger partial charge in [-0.1, -0.05) is 0 Å². The molecule has 0 aliphatic carbocycles. The van der Waals surface area contributed by atoms with Crippen LogP contribution in [0.1, 0.15) is 6.42 Å². The van der Waals surface area contributed by atoms with E-state index in [0.717, 1.165) is 0 Å². The minimum Gasteiger partial charge on any atom is -0.377 e. The fourth-order valence-electron chi connectivity index (χ4n) is 1.02. The maximum Gasteiger partial charge on any atom is 0.500 e. The van der Waals surface area contributed by atoms with Crippen LogP contribution in [-0.2, 0) is 28.5 Å². The van der Waals surface area contributed by atoms with Crippen molar-refractivity contribution in [2.24, 2.45) is 0 Å². The molecule has 0 heterocycles. The molecule has 7 heteroatoms. The van der Waals surface area contributed by atoms with Crippen LogP contribution in [0.3, 0.4) is 0 Å². The van der Waals surface area contributed by atoms with Crippen LogP contribution in [0.2, 0.25) is 6.04 Å². The molecule has 0 aromatic carbocycles. The van der Waals surface area contributed by atoms with Crippen molar-refractivity contribution in [2.75, 3.05) is 34.2 Å². The molecule has 0 saturated heterocycles. The van der Waals surface area contributed by atoms with Gasteiger partial charge in [-0.05, 0) is 6.42 Å². The summed E-state index contributed by atoms with van der Waals surface area (Å²) in [4.78, 5) is 0. The van der Waals surface area contributed by atoms with E-state index in [1.165, 1.54) is 6.26 Å². The van der Waals surface area contributed by atoms with E-state index >= 15 is 0 Å². The molecule has 5 nitrogen and oxygen atoms in total. The topological polar surface area (TPSA) is 54.0 Å². The molecule has 14 heavy (non-hydrogen) atoms. The quantitative estimate of drug-likeness (QED) is 0.460. The maximum atomic E-state index is 10.6. The fraction of sp³-hybridized carbons (Fsp3) is 1.00. The zero-order valence-corrected chi connectivity index (χ0v) is 10.9. The molecule has 0 spiro atoms. The van der Waals surface area contributed by atoms with Gasteiger partial charge < -0.3 is 13.3 Å². The van der Waals surface area contributed by atoms with Crippen LogP contribution in [0.25, 0.3) is 0 Å². The molecule has 0 aromatic heterocycles. The van der Waals surface area contributed by atoms with E-state index in [2.05, 4.69) is 0 Å². The van der Waals surface area contributed by atoms with Gasteiger partial charge in [-0.25, -0.2) is 4.21 Å². The Hall–Kier alpha value is 0.207. The van der Waals surface area contributed by atoms with Gasteiger partial charge in [0.2, 0.25) is 0 Å². The van der Waals surface area contributed by atoms with E-state index in [9.17, 15) is 4.21 Å². The molecule has 0 bridgehead atoms. The number of hydrogen-bond acceptors (Lipinski definition) is 5. The molecular weight excluding hydrogens is 224 g/mol. The largest absolute Gasteiger partial charge is 0.500 e. The summed E-state index contributed by atoms with van der Waals surface area (Å²) in [6.45, 7) is 0.425. The van der Waals surface area contributed by atoms with E-state index in [1.807, 2.05) is 0 Å². The molecule has 1 atom stereocenters. The van der Waals surface area contributed by atoms with Crippen molar-refractivity contribution >= 4 is 19.9 Å². The van der Waals surface area contributed by atoms with Gasteiger partial charge in [-0.2, -0.15) is 0 Å².